The van der Waals surface area contributed by atoms with E-state index in [1.54, 1.807) is 0 Å². The van der Waals surface area contributed by atoms with Gasteiger partial charge in [-0.3, -0.25) is 4.79 Å². The molecular weight excluding hydrogens is 310 g/mol. The van der Waals surface area contributed by atoms with Crippen molar-refractivity contribution in [3.63, 3.8) is 0 Å². The highest BCUT2D eigenvalue weighted by Gasteiger charge is 2.56. The van der Waals surface area contributed by atoms with E-state index in [1.165, 1.54) is 20.3 Å². The average Bonchev–Trinajstić information content (AvgIpc) is 2.56. The smallest absolute Gasteiger partial charge is 0.220 e. The molecule has 0 bridgehead atoms. The number of carbonyl (C=O) groups is 1. The third-order valence-corrected chi connectivity index (χ3v) is 4.78. The largest absolute Gasteiger partial charge is 0.389 e. The van der Waals surface area contributed by atoms with Crippen molar-refractivity contribution < 1.29 is 24.1 Å². The lowest BCUT2D eigenvalue weighted by Crippen LogP contribution is -2.63. The minimum Gasteiger partial charge on any atom is -0.389 e. The first-order chi connectivity index (χ1) is 11.4. The molecule has 0 aromatic rings. The molecule has 0 spiro atoms. The zero-order valence-electron chi connectivity index (χ0n) is 14.9. The second-order valence-electron chi connectivity index (χ2n) is 6.36. The Morgan fingerprint density at radius 3 is 2.62 bits per heavy atom. The Morgan fingerprint density at radius 1 is 1.50 bits per heavy atom. The van der Waals surface area contributed by atoms with Crippen molar-refractivity contribution in [1.29, 1.82) is 0 Å². The van der Waals surface area contributed by atoms with Gasteiger partial charge in [-0.1, -0.05) is 12.2 Å². The van der Waals surface area contributed by atoms with Crippen LogP contribution in [0.15, 0.2) is 25.3 Å². The number of nitrogens with two attached hydrogens (primary N) is 1. The van der Waals surface area contributed by atoms with Crippen LogP contribution in [0.4, 0.5) is 0 Å². The van der Waals surface area contributed by atoms with Crippen LogP contribution in [0.2, 0.25) is 0 Å². The van der Waals surface area contributed by atoms with Crippen molar-refractivity contribution in [3.8, 4) is 0 Å². The monoisotopic (exact) mass is 341 g/mol. The molecule has 138 valence electrons. The number of allylic oxidation sites excluding steroid dienone is 1. The Morgan fingerprint density at radius 2 is 2.17 bits per heavy atom. The normalized spacial score (nSPS) is 32.8. The fraction of sp³-hybridized carbons (Fsp3) is 0.722. The van der Waals surface area contributed by atoms with Crippen LogP contribution in [0.25, 0.3) is 0 Å². The molecule has 1 aliphatic heterocycles. The number of methoxy groups -OCH3 is 2. The first-order valence-corrected chi connectivity index (χ1v) is 8.31. The Balaban J connectivity index is 3.33. The molecule has 1 aliphatic rings. The highest BCUT2D eigenvalue weighted by Crippen LogP contribution is 2.46. The maximum Gasteiger partial charge on any atom is 0.220 e. The number of carbonyl (C=O) groups excluding carboxylic acids is 1. The van der Waals surface area contributed by atoms with Crippen LogP contribution in [-0.2, 0) is 19.0 Å². The van der Waals surface area contributed by atoms with E-state index in [4.69, 9.17) is 19.9 Å². The predicted molar refractivity (Wildman–Crippen MR) is 92.1 cm³/mol. The van der Waals surface area contributed by atoms with Crippen molar-refractivity contribution in [2.75, 3.05) is 14.2 Å². The summed E-state index contributed by atoms with van der Waals surface area (Å²) in [5, 5.41) is 10.6. The van der Waals surface area contributed by atoms with Crippen LogP contribution in [0.1, 0.15) is 32.6 Å². The van der Waals surface area contributed by atoms with Crippen LogP contribution in [0.5, 0.6) is 0 Å². The molecule has 1 saturated heterocycles. The average molecular weight is 341 g/mol. The number of hydrogen-bond acceptors (Lipinski definition) is 5. The lowest BCUT2D eigenvalue weighted by atomic mass is 9.71. The Bertz CT molecular complexity index is 441. The van der Waals surface area contributed by atoms with Gasteiger partial charge in [0.15, 0.2) is 0 Å². The van der Waals surface area contributed by atoms with Crippen LogP contribution < -0.4 is 5.73 Å². The topological polar surface area (TPSA) is 91.0 Å². The molecule has 24 heavy (non-hydrogen) atoms. The van der Waals surface area contributed by atoms with Crippen LogP contribution >= 0.6 is 0 Å². The quantitative estimate of drug-likeness (QED) is 0.591. The van der Waals surface area contributed by atoms with Gasteiger partial charge in [0.05, 0.1) is 18.6 Å². The van der Waals surface area contributed by atoms with E-state index < -0.39 is 29.8 Å². The predicted octanol–water partition coefficient (Wildman–Crippen LogP) is 1.77. The SMILES string of the molecule is C=CCC[C@H]1C[C@H](C)O[C@](OC)([C@@H](CC(N)=O)OC)[C@@H]1[C@@H](O)C=C. The van der Waals surface area contributed by atoms with Gasteiger partial charge < -0.3 is 25.1 Å². The van der Waals surface area contributed by atoms with Gasteiger partial charge in [-0.15, -0.1) is 13.2 Å². The molecule has 0 aliphatic carbocycles. The summed E-state index contributed by atoms with van der Waals surface area (Å²) in [6, 6.07) is 0. The highest BCUT2D eigenvalue weighted by molar-refractivity contribution is 5.74. The van der Waals surface area contributed by atoms with Gasteiger partial charge >= 0.3 is 0 Å². The number of primary amides is 1. The zero-order valence-corrected chi connectivity index (χ0v) is 14.9. The maximum absolute atomic E-state index is 11.5. The van der Waals surface area contributed by atoms with Gasteiger partial charge in [0.2, 0.25) is 11.7 Å². The second kappa shape index (κ2) is 9.32. The van der Waals surface area contributed by atoms with Crippen molar-refractivity contribution in [1.82, 2.24) is 0 Å². The number of rotatable bonds is 10. The number of ether oxygens (including phenoxy) is 3. The molecule has 0 saturated carbocycles. The summed E-state index contributed by atoms with van der Waals surface area (Å²) in [6.07, 6.45) is 3.95. The molecule has 3 N–H and O–H groups in total. The molecule has 1 heterocycles. The van der Waals surface area contributed by atoms with E-state index in [0.717, 1.165) is 19.3 Å². The van der Waals surface area contributed by atoms with Gasteiger partial charge in [0.25, 0.3) is 0 Å². The molecule has 6 heteroatoms. The molecule has 6 atom stereocenters. The number of hydrogen-bond donors (Lipinski definition) is 2. The molecule has 0 radical (unpaired) electrons. The Labute approximate surface area is 144 Å². The first-order valence-electron chi connectivity index (χ1n) is 8.31. The van der Waals surface area contributed by atoms with Crippen LogP contribution in [0, 0.1) is 11.8 Å². The van der Waals surface area contributed by atoms with Gasteiger partial charge in [-0.2, -0.15) is 0 Å². The molecular formula is C18H31NO5. The van der Waals surface area contributed by atoms with E-state index >= 15 is 0 Å². The summed E-state index contributed by atoms with van der Waals surface area (Å²) in [6.45, 7) is 9.42. The minimum atomic E-state index is -1.28. The fourth-order valence-corrected chi connectivity index (χ4v) is 3.81. The number of aliphatic hydroxyl groups excluding tert-OH is 1. The van der Waals surface area contributed by atoms with Gasteiger partial charge in [-0.25, -0.2) is 0 Å². The molecule has 0 aromatic heterocycles. The minimum absolute atomic E-state index is 0.0639. The lowest BCUT2D eigenvalue weighted by molar-refractivity contribution is -0.354. The van der Waals surface area contributed by atoms with Crippen LogP contribution in [0.3, 0.4) is 0 Å². The van der Waals surface area contributed by atoms with Gasteiger partial charge in [0.1, 0.15) is 6.10 Å². The number of aliphatic hydroxyl groups is 1. The van der Waals surface area contributed by atoms with E-state index in [2.05, 4.69) is 13.2 Å². The molecule has 0 unspecified atom stereocenters. The number of amides is 1. The van der Waals surface area contributed by atoms with Crippen LogP contribution in [-0.4, -0.2) is 49.3 Å². The van der Waals surface area contributed by atoms with Gasteiger partial charge in [-0.05, 0) is 32.1 Å². The summed E-state index contributed by atoms with van der Waals surface area (Å²) >= 11 is 0. The molecule has 1 rings (SSSR count). The van der Waals surface area contributed by atoms with E-state index in [1.807, 2.05) is 13.0 Å². The zero-order chi connectivity index (χ0) is 18.3. The third kappa shape index (κ3) is 4.45. The summed E-state index contributed by atoms with van der Waals surface area (Å²) in [5.74, 6) is -2.12. The standard InChI is InChI=1S/C18H31NO5/c1-6-8-9-13-10-12(3)24-18(23-5,17(13)14(20)7-2)15(22-4)11-16(19)21/h6-7,12-15,17,20H,1-2,8-11H2,3-5H3,(H2,19,21)/t12-,13-,14-,15+,17-,18+/m0/s1. The summed E-state index contributed by atoms with van der Waals surface area (Å²) < 4.78 is 17.4. The maximum atomic E-state index is 11.5. The van der Waals surface area contributed by atoms with E-state index in [9.17, 15) is 9.90 Å². The highest BCUT2D eigenvalue weighted by atomic mass is 16.7. The van der Waals surface area contributed by atoms with Crippen molar-refractivity contribution >= 4 is 5.91 Å². The first kappa shape index (κ1) is 20.8. The molecule has 1 fully saturated rings. The molecule has 0 aromatic carbocycles. The van der Waals surface area contributed by atoms with Gasteiger partial charge in [0, 0.05) is 20.1 Å². The second-order valence-corrected chi connectivity index (χ2v) is 6.36. The fourth-order valence-electron chi connectivity index (χ4n) is 3.81. The Kier molecular flexibility index (Phi) is 8.09. The summed E-state index contributed by atoms with van der Waals surface area (Å²) in [4.78, 5) is 11.5. The molecule has 1 amide bonds. The lowest BCUT2D eigenvalue weighted by Gasteiger charge is -2.53. The van der Waals surface area contributed by atoms with Crippen molar-refractivity contribution in [2.24, 2.45) is 17.6 Å². The van der Waals surface area contributed by atoms with E-state index in [0.29, 0.717) is 0 Å². The summed E-state index contributed by atoms with van der Waals surface area (Å²) in [5.41, 5.74) is 5.37. The summed E-state index contributed by atoms with van der Waals surface area (Å²) in [7, 11) is 2.98. The Hall–Kier alpha value is -1.21. The van der Waals surface area contributed by atoms with Crippen molar-refractivity contribution in [3.05, 3.63) is 25.3 Å². The van der Waals surface area contributed by atoms with Crippen molar-refractivity contribution in [2.45, 2.75) is 56.7 Å². The third-order valence-electron chi connectivity index (χ3n) is 4.78. The van der Waals surface area contributed by atoms with E-state index in [-0.39, 0.29) is 18.4 Å². The molecule has 6 nitrogen and oxygen atoms in total.